The van der Waals surface area contributed by atoms with Gasteiger partial charge < -0.3 is 9.47 Å². The highest BCUT2D eigenvalue weighted by molar-refractivity contribution is 5.76. The van der Waals surface area contributed by atoms with Gasteiger partial charge in [0.05, 0.1) is 0 Å². The van der Waals surface area contributed by atoms with Crippen molar-refractivity contribution in [3.05, 3.63) is 0 Å². The minimum absolute atomic E-state index is 0.0835. The number of ether oxygens (including phenoxy) is 2. The number of nitrogens with two attached hydrogens (primary N) is 2. The summed E-state index contributed by atoms with van der Waals surface area (Å²) in [4.78, 5) is 21.1. The Morgan fingerprint density at radius 1 is 0.933 bits per heavy atom. The zero-order chi connectivity index (χ0) is 11.5. The molecular weight excluding hydrogens is 204 g/mol. The van der Waals surface area contributed by atoms with Crippen LogP contribution in [0.15, 0.2) is 0 Å². The number of carbonyl (C=O) groups is 2. The van der Waals surface area contributed by atoms with E-state index < -0.39 is 11.8 Å². The lowest BCUT2D eigenvalue weighted by atomic mass is 10.5. The molecule has 0 rings (SSSR count). The number of hydrogen-bond donors (Lipinski definition) is 4. The summed E-state index contributed by atoms with van der Waals surface area (Å²) in [6.45, 7) is 0.550. The number of carbonyl (C=O) groups excluding carboxylic acids is 2. The third-order valence-corrected chi connectivity index (χ3v) is 1.37. The van der Waals surface area contributed by atoms with Gasteiger partial charge in [0, 0.05) is 13.2 Å². The summed E-state index contributed by atoms with van der Waals surface area (Å²) in [5, 5.41) is 0. The van der Waals surface area contributed by atoms with Crippen molar-refractivity contribution in [1.29, 1.82) is 0 Å². The standard InChI is InChI=1S/C7H16N4O4/c8-10-6(12)4-14-2-1-3-15-5-7(13)11-9/h1-5,8-9H2,(H,10,12)(H,11,13). The van der Waals surface area contributed by atoms with Crippen LogP contribution in [0.2, 0.25) is 0 Å². The van der Waals surface area contributed by atoms with E-state index in [4.69, 9.17) is 21.2 Å². The normalized spacial score (nSPS) is 9.73. The maximum Gasteiger partial charge on any atom is 0.259 e. The molecule has 6 N–H and O–H groups in total. The van der Waals surface area contributed by atoms with Crippen LogP contribution in [0.25, 0.3) is 0 Å². The fourth-order valence-corrected chi connectivity index (χ4v) is 0.676. The van der Waals surface area contributed by atoms with E-state index in [-0.39, 0.29) is 13.2 Å². The molecule has 15 heavy (non-hydrogen) atoms. The number of hydrazine groups is 2. The van der Waals surface area contributed by atoms with Crippen molar-refractivity contribution in [2.45, 2.75) is 6.42 Å². The first kappa shape index (κ1) is 13.8. The third kappa shape index (κ3) is 9.09. The zero-order valence-corrected chi connectivity index (χ0v) is 8.32. The van der Waals surface area contributed by atoms with Crippen molar-refractivity contribution < 1.29 is 19.1 Å². The van der Waals surface area contributed by atoms with E-state index >= 15 is 0 Å². The van der Waals surface area contributed by atoms with Gasteiger partial charge in [-0.25, -0.2) is 11.7 Å². The molecule has 0 atom stereocenters. The van der Waals surface area contributed by atoms with Crippen molar-refractivity contribution in [2.75, 3.05) is 26.4 Å². The van der Waals surface area contributed by atoms with Crippen LogP contribution >= 0.6 is 0 Å². The van der Waals surface area contributed by atoms with Gasteiger partial charge in [-0.2, -0.15) is 0 Å². The van der Waals surface area contributed by atoms with Crippen LogP contribution in [0.4, 0.5) is 0 Å². The van der Waals surface area contributed by atoms with Gasteiger partial charge in [-0.05, 0) is 6.42 Å². The van der Waals surface area contributed by atoms with Crippen molar-refractivity contribution in [3.63, 3.8) is 0 Å². The molecule has 0 aliphatic heterocycles. The van der Waals surface area contributed by atoms with Crippen molar-refractivity contribution in [3.8, 4) is 0 Å². The molecule has 0 spiro atoms. The van der Waals surface area contributed by atoms with E-state index in [1.165, 1.54) is 0 Å². The molecule has 0 aromatic rings. The summed E-state index contributed by atoms with van der Waals surface area (Å²) >= 11 is 0. The van der Waals surface area contributed by atoms with Crippen LogP contribution in [0, 0.1) is 0 Å². The summed E-state index contributed by atoms with van der Waals surface area (Å²) in [5.74, 6) is 8.86. The van der Waals surface area contributed by atoms with Crippen LogP contribution in [-0.2, 0) is 19.1 Å². The summed E-state index contributed by atoms with van der Waals surface area (Å²) < 4.78 is 9.84. The highest BCUT2D eigenvalue weighted by atomic mass is 16.5. The predicted molar refractivity (Wildman–Crippen MR) is 50.9 cm³/mol. The number of hydrogen-bond acceptors (Lipinski definition) is 6. The van der Waals surface area contributed by atoms with Gasteiger partial charge in [0.25, 0.3) is 11.8 Å². The first-order valence-electron chi connectivity index (χ1n) is 4.35. The minimum atomic E-state index is -0.390. The molecule has 8 nitrogen and oxygen atoms in total. The zero-order valence-electron chi connectivity index (χ0n) is 8.32. The van der Waals surface area contributed by atoms with Gasteiger partial charge >= 0.3 is 0 Å². The molecule has 0 aliphatic carbocycles. The first-order chi connectivity index (χ1) is 7.20. The maximum atomic E-state index is 10.6. The van der Waals surface area contributed by atoms with E-state index in [2.05, 4.69) is 0 Å². The predicted octanol–water partition coefficient (Wildman–Crippen LogP) is -2.61. The Hall–Kier alpha value is -1.22. The lowest BCUT2D eigenvalue weighted by molar-refractivity contribution is -0.126. The number of nitrogens with one attached hydrogen (secondary N) is 2. The summed E-state index contributed by atoms with van der Waals surface area (Å²) in [7, 11) is 0. The largest absolute Gasteiger partial charge is 0.371 e. The summed E-state index contributed by atoms with van der Waals surface area (Å²) in [5.41, 5.74) is 3.86. The van der Waals surface area contributed by atoms with E-state index in [0.717, 1.165) is 0 Å². The average molecular weight is 220 g/mol. The van der Waals surface area contributed by atoms with Gasteiger partial charge in [-0.1, -0.05) is 0 Å². The van der Waals surface area contributed by atoms with Gasteiger partial charge in [0.2, 0.25) is 0 Å². The molecule has 88 valence electrons. The van der Waals surface area contributed by atoms with Crippen LogP contribution in [0.5, 0.6) is 0 Å². The maximum absolute atomic E-state index is 10.6. The molecule has 0 aromatic heterocycles. The molecule has 0 fully saturated rings. The average Bonchev–Trinajstić information content (AvgIpc) is 2.26. The Bertz CT molecular complexity index is 179. The molecular formula is C7H16N4O4. The smallest absolute Gasteiger partial charge is 0.259 e. The molecule has 0 radical (unpaired) electrons. The first-order valence-corrected chi connectivity index (χ1v) is 4.35. The quantitative estimate of drug-likeness (QED) is 0.153. The molecule has 0 saturated heterocycles. The van der Waals surface area contributed by atoms with E-state index in [0.29, 0.717) is 19.6 Å². The van der Waals surface area contributed by atoms with Gasteiger partial charge in [-0.15, -0.1) is 0 Å². The number of rotatable bonds is 8. The Balaban J connectivity index is 3.11. The molecule has 0 bridgehead atoms. The highest BCUT2D eigenvalue weighted by Crippen LogP contribution is 1.85. The monoisotopic (exact) mass is 220 g/mol. The molecule has 0 aliphatic rings. The van der Waals surface area contributed by atoms with Gasteiger partial charge in [0.1, 0.15) is 13.2 Å². The van der Waals surface area contributed by atoms with Crippen LogP contribution in [0.3, 0.4) is 0 Å². The molecule has 0 aromatic carbocycles. The van der Waals surface area contributed by atoms with Crippen molar-refractivity contribution in [1.82, 2.24) is 10.9 Å². The third-order valence-electron chi connectivity index (χ3n) is 1.37. The van der Waals surface area contributed by atoms with Crippen molar-refractivity contribution in [2.24, 2.45) is 11.7 Å². The van der Waals surface area contributed by atoms with Crippen LogP contribution in [-0.4, -0.2) is 38.2 Å². The Kier molecular flexibility index (Phi) is 8.58. The van der Waals surface area contributed by atoms with E-state index in [1.54, 1.807) is 0 Å². The molecule has 2 amide bonds. The SMILES string of the molecule is NNC(=O)COCCCOCC(=O)NN. The second kappa shape index (κ2) is 9.34. The van der Waals surface area contributed by atoms with E-state index in [9.17, 15) is 9.59 Å². The summed E-state index contributed by atoms with van der Waals surface area (Å²) in [6, 6.07) is 0. The lowest BCUT2D eigenvalue weighted by Gasteiger charge is -2.04. The topological polar surface area (TPSA) is 129 Å². The fourth-order valence-electron chi connectivity index (χ4n) is 0.676. The van der Waals surface area contributed by atoms with Gasteiger partial charge in [0.15, 0.2) is 0 Å². The lowest BCUT2D eigenvalue weighted by Crippen LogP contribution is -2.34. The Morgan fingerprint density at radius 2 is 1.33 bits per heavy atom. The van der Waals surface area contributed by atoms with Gasteiger partial charge in [-0.3, -0.25) is 20.4 Å². The molecule has 8 heteroatoms. The van der Waals surface area contributed by atoms with Crippen molar-refractivity contribution >= 4 is 11.8 Å². The number of amides is 2. The second-order valence-electron chi connectivity index (χ2n) is 2.59. The van der Waals surface area contributed by atoms with Crippen LogP contribution in [0.1, 0.15) is 6.42 Å². The van der Waals surface area contributed by atoms with E-state index in [1.807, 2.05) is 10.9 Å². The second-order valence-corrected chi connectivity index (χ2v) is 2.59. The molecule has 0 heterocycles. The van der Waals surface area contributed by atoms with Crippen LogP contribution < -0.4 is 22.5 Å². The minimum Gasteiger partial charge on any atom is -0.371 e. The summed E-state index contributed by atoms with van der Waals surface area (Å²) in [6.07, 6.45) is 0.579. The Morgan fingerprint density at radius 3 is 1.67 bits per heavy atom. The fraction of sp³-hybridized carbons (Fsp3) is 0.714. The molecule has 0 saturated carbocycles. The highest BCUT2D eigenvalue weighted by Gasteiger charge is 1.99. The Labute approximate surface area is 87.2 Å². The molecule has 0 unspecified atom stereocenters.